The lowest BCUT2D eigenvalue weighted by molar-refractivity contribution is 0.589. The van der Waals surface area contributed by atoms with Gasteiger partial charge in [-0.15, -0.1) is 0 Å². The highest BCUT2D eigenvalue weighted by atomic mass is 32.1. The molecule has 0 aliphatic carbocycles. The van der Waals surface area contributed by atoms with Crippen LogP contribution >= 0.6 is 11.3 Å². The van der Waals surface area contributed by atoms with E-state index in [0.29, 0.717) is 0 Å². The lowest BCUT2D eigenvalue weighted by atomic mass is 10.3. The SMILES string of the molecule is CCCn1ccnc1CNCc1ccsc1. The second kappa shape index (κ2) is 5.82. The lowest BCUT2D eigenvalue weighted by Gasteiger charge is -2.06. The van der Waals surface area contributed by atoms with Crippen LogP contribution in [0.3, 0.4) is 0 Å². The first-order valence-electron chi connectivity index (χ1n) is 5.62. The minimum absolute atomic E-state index is 0.836. The Balaban J connectivity index is 1.82. The van der Waals surface area contributed by atoms with Crippen LogP contribution in [-0.4, -0.2) is 9.55 Å². The van der Waals surface area contributed by atoms with Gasteiger partial charge in [0.05, 0.1) is 6.54 Å². The van der Waals surface area contributed by atoms with Gasteiger partial charge in [0.1, 0.15) is 5.82 Å². The van der Waals surface area contributed by atoms with Gasteiger partial charge in [-0.1, -0.05) is 6.92 Å². The highest BCUT2D eigenvalue weighted by Crippen LogP contribution is 2.05. The molecule has 1 N–H and O–H groups in total. The van der Waals surface area contributed by atoms with Gasteiger partial charge in [0.2, 0.25) is 0 Å². The minimum Gasteiger partial charge on any atom is -0.334 e. The number of hydrogen-bond acceptors (Lipinski definition) is 3. The molecule has 2 aromatic rings. The zero-order valence-electron chi connectivity index (χ0n) is 9.52. The van der Waals surface area contributed by atoms with Crippen molar-refractivity contribution in [2.75, 3.05) is 0 Å². The second-order valence-electron chi connectivity index (χ2n) is 3.77. The van der Waals surface area contributed by atoms with Gasteiger partial charge >= 0.3 is 0 Å². The van der Waals surface area contributed by atoms with E-state index < -0.39 is 0 Å². The molecule has 2 rings (SSSR count). The zero-order chi connectivity index (χ0) is 11.2. The molecule has 3 nitrogen and oxygen atoms in total. The summed E-state index contributed by atoms with van der Waals surface area (Å²) in [5, 5.41) is 7.69. The molecule has 86 valence electrons. The Morgan fingerprint density at radius 3 is 3.12 bits per heavy atom. The Morgan fingerprint density at radius 2 is 2.38 bits per heavy atom. The van der Waals surface area contributed by atoms with Crippen molar-refractivity contribution in [3.63, 3.8) is 0 Å². The molecule has 16 heavy (non-hydrogen) atoms. The molecule has 0 unspecified atom stereocenters. The zero-order valence-corrected chi connectivity index (χ0v) is 10.3. The Kier molecular flexibility index (Phi) is 4.13. The molecular formula is C12H17N3S. The molecule has 0 fully saturated rings. The number of aryl methyl sites for hydroxylation is 1. The largest absolute Gasteiger partial charge is 0.334 e. The third-order valence-corrected chi connectivity index (χ3v) is 3.19. The maximum Gasteiger partial charge on any atom is 0.122 e. The van der Waals surface area contributed by atoms with Crippen molar-refractivity contribution < 1.29 is 0 Å². The van der Waals surface area contributed by atoms with Crippen LogP contribution in [0.15, 0.2) is 29.2 Å². The Morgan fingerprint density at radius 1 is 1.44 bits per heavy atom. The summed E-state index contributed by atoms with van der Waals surface area (Å²) in [5.74, 6) is 1.12. The average Bonchev–Trinajstić information content (AvgIpc) is 2.91. The number of imidazole rings is 1. The van der Waals surface area contributed by atoms with E-state index in [0.717, 1.165) is 31.9 Å². The Hall–Kier alpha value is -1.13. The van der Waals surface area contributed by atoms with E-state index in [-0.39, 0.29) is 0 Å². The quantitative estimate of drug-likeness (QED) is 0.834. The first kappa shape index (κ1) is 11.4. The van der Waals surface area contributed by atoms with Gasteiger partial charge in [0, 0.05) is 25.5 Å². The minimum atomic E-state index is 0.836. The fourth-order valence-electron chi connectivity index (χ4n) is 1.66. The summed E-state index contributed by atoms with van der Waals surface area (Å²) < 4.78 is 2.21. The molecule has 0 aromatic carbocycles. The molecule has 0 spiro atoms. The first-order valence-corrected chi connectivity index (χ1v) is 6.56. The normalized spacial score (nSPS) is 10.8. The fraction of sp³-hybridized carbons (Fsp3) is 0.417. The monoisotopic (exact) mass is 235 g/mol. The topological polar surface area (TPSA) is 29.9 Å². The smallest absolute Gasteiger partial charge is 0.122 e. The number of rotatable bonds is 6. The van der Waals surface area contributed by atoms with Crippen molar-refractivity contribution in [1.29, 1.82) is 0 Å². The van der Waals surface area contributed by atoms with Crippen molar-refractivity contribution in [2.45, 2.75) is 33.0 Å². The van der Waals surface area contributed by atoms with Crippen molar-refractivity contribution in [1.82, 2.24) is 14.9 Å². The number of hydrogen-bond donors (Lipinski definition) is 1. The number of thiophene rings is 1. The van der Waals surface area contributed by atoms with E-state index >= 15 is 0 Å². The van der Waals surface area contributed by atoms with Crippen molar-refractivity contribution in [3.05, 3.63) is 40.6 Å². The predicted octanol–water partition coefficient (Wildman–Crippen LogP) is 2.64. The van der Waals surface area contributed by atoms with E-state index in [2.05, 4.69) is 38.6 Å². The van der Waals surface area contributed by atoms with E-state index in [9.17, 15) is 0 Å². The van der Waals surface area contributed by atoms with Crippen LogP contribution in [0.5, 0.6) is 0 Å². The summed E-state index contributed by atoms with van der Waals surface area (Å²) in [4.78, 5) is 4.36. The number of nitrogens with one attached hydrogen (secondary N) is 1. The van der Waals surface area contributed by atoms with Crippen molar-refractivity contribution >= 4 is 11.3 Å². The molecule has 2 aromatic heterocycles. The summed E-state index contributed by atoms with van der Waals surface area (Å²) in [7, 11) is 0. The molecule has 0 aliphatic heterocycles. The maximum absolute atomic E-state index is 4.36. The van der Waals surface area contributed by atoms with Gasteiger partial charge in [-0.2, -0.15) is 11.3 Å². The number of aromatic nitrogens is 2. The van der Waals surface area contributed by atoms with Gasteiger partial charge in [-0.05, 0) is 28.8 Å². The third-order valence-electron chi connectivity index (χ3n) is 2.46. The summed E-state index contributed by atoms with van der Waals surface area (Å²) >= 11 is 1.74. The van der Waals surface area contributed by atoms with Gasteiger partial charge in [0.15, 0.2) is 0 Å². The predicted molar refractivity (Wildman–Crippen MR) is 67.4 cm³/mol. The van der Waals surface area contributed by atoms with Crippen molar-refractivity contribution in [3.8, 4) is 0 Å². The van der Waals surface area contributed by atoms with Gasteiger partial charge in [0.25, 0.3) is 0 Å². The molecule has 0 atom stereocenters. The summed E-state index contributed by atoms with van der Waals surface area (Å²) in [6.07, 6.45) is 5.07. The molecular weight excluding hydrogens is 218 g/mol. The summed E-state index contributed by atoms with van der Waals surface area (Å²) in [5.41, 5.74) is 1.35. The second-order valence-corrected chi connectivity index (χ2v) is 4.55. The van der Waals surface area contributed by atoms with Crippen LogP contribution in [0, 0.1) is 0 Å². The molecule has 0 radical (unpaired) electrons. The highest BCUT2D eigenvalue weighted by Gasteiger charge is 2.01. The molecule has 0 amide bonds. The maximum atomic E-state index is 4.36. The van der Waals surface area contributed by atoms with E-state index in [1.54, 1.807) is 11.3 Å². The van der Waals surface area contributed by atoms with Crippen LogP contribution in [-0.2, 0) is 19.6 Å². The van der Waals surface area contributed by atoms with Crippen LogP contribution in [0.1, 0.15) is 24.7 Å². The van der Waals surface area contributed by atoms with Crippen LogP contribution in [0.4, 0.5) is 0 Å². The molecule has 4 heteroatoms. The van der Waals surface area contributed by atoms with E-state index in [1.165, 1.54) is 5.56 Å². The standard InChI is InChI=1S/C12H17N3S/c1-2-5-15-6-4-14-12(15)9-13-8-11-3-7-16-10-11/h3-4,6-7,10,13H,2,5,8-9H2,1H3. The Labute approximate surface area is 100 Å². The molecule has 0 aliphatic rings. The molecule has 2 heterocycles. The number of nitrogens with zero attached hydrogens (tertiary/aromatic N) is 2. The van der Waals surface area contributed by atoms with Crippen molar-refractivity contribution in [2.24, 2.45) is 0 Å². The van der Waals surface area contributed by atoms with Crippen LogP contribution in [0.2, 0.25) is 0 Å². The fourth-order valence-corrected chi connectivity index (χ4v) is 2.33. The molecule has 0 bridgehead atoms. The third kappa shape index (κ3) is 2.93. The van der Waals surface area contributed by atoms with E-state index in [4.69, 9.17) is 0 Å². The molecule has 0 saturated carbocycles. The van der Waals surface area contributed by atoms with Crippen LogP contribution in [0.25, 0.3) is 0 Å². The van der Waals surface area contributed by atoms with E-state index in [1.807, 2.05) is 12.4 Å². The van der Waals surface area contributed by atoms with Gasteiger partial charge in [-0.25, -0.2) is 4.98 Å². The van der Waals surface area contributed by atoms with Gasteiger partial charge in [-0.3, -0.25) is 0 Å². The highest BCUT2D eigenvalue weighted by molar-refractivity contribution is 7.07. The Bertz CT molecular complexity index is 406. The van der Waals surface area contributed by atoms with Crippen LogP contribution < -0.4 is 5.32 Å². The summed E-state index contributed by atoms with van der Waals surface area (Å²) in [6, 6.07) is 2.15. The average molecular weight is 235 g/mol. The molecule has 0 saturated heterocycles. The van der Waals surface area contributed by atoms with Gasteiger partial charge < -0.3 is 9.88 Å². The first-order chi connectivity index (χ1) is 7.90. The lowest BCUT2D eigenvalue weighted by Crippen LogP contribution is -2.16. The summed E-state index contributed by atoms with van der Waals surface area (Å²) in [6.45, 7) is 4.99.